The number of hydrogen-bond acceptors (Lipinski definition) is 2. The van der Waals surface area contributed by atoms with Gasteiger partial charge in [-0.05, 0) is 30.9 Å². The largest absolute Gasteiger partial charge is 0.314 e. The summed E-state index contributed by atoms with van der Waals surface area (Å²) in [4.78, 5) is 2.38. The minimum absolute atomic E-state index is 0.0563. The van der Waals surface area contributed by atoms with Gasteiger partial charge in [-0.15, -0.1) is 0 Å². The number of nitrogens with zero attached hydrogens (tertiary/aromatic N) is 1. The molecule has 0 unspecified atom stereocenters. The molecule has 21 heavy (non-hydrogen) atoms. The molecule has 1 saturated heterocycles. The zero-order valence-electron chi connectivity index (χ0n) is 12.0. The highest BCUT2D eigenvalue weighted by atomic mass is 35.5. The number of hydrogen-bond donors (Lipinski definition) is 1. The molecule has 3 rings (SSSR count). The molecular weight excluding hydrogens is 310 g/mol. The molecule has 1 saturated carbocycles. The van der Waals surface area contributed by atoms with Crippen LogP contribution < -0.4 is 5.32 Å². The van der Waals surface area contributed by atoms with Crippen molar-refractivity contribution in [1.29, 1.82) is 0 Å². The second-order valence-corrected chi connectivity index (χ2v) is 6.82. The van der Waals surface area contributed by atoms with Crippen LogP contribution in [-0.2, 0) is 0 Å². The van der Waals surface area contributed by atoms with Crippen LogP contribution in [-0.4, -0.2) is 31.1 Å². The number of piperazine rings is 1. The quantitative estimate of drug-likeness (QED) is 0.832. The second kappa shape index (κ2) is 6.82. The van der Waals surface area contributed by atoms with Gasteiger partial charge in [0.1, 0.15) is 5.82 Å². The molecule has 1 aromatic carbocycles. The molecule has 2 aliphatic rings. The van der Waals surface area contributed by atoms with Gasteiger partial charge in [-0.3, -0.25) is 4.90 Å². The van der Waals surface area contributed by atoms with Crippen molar-refractivity contribution in [3.8, 4) is 0 Å². The van der Waals surface area contributed by atoms with Gasteiger partial charge in [-0.25, -0.2) is 4.39 Å². The van der Waals surface area contributed by atoms with E-state index in [0.29, 0.717) is 21.5 Å². The van der Waals surface area contributed by atoms with Crippen molar-refractivity contribution in [3.05, 3.63) is 33.6 Å². The lowest BCUT2D eigenvalue weighted by molar-refractivity contribution is 0.122. The molecule has 1 aromatic rings. The molecule has 0 aromatic heterocycles. The summed E-state index contributed by atoms with van der Waals surface area (Å²) in [6.07, 6.45) is 4.76. The van der Waals surface area contributed by atoms with Crippen molar-refractivity contribution in [2.75, 3.05) is 26.2 Å². The second-order valence-electron chi connectivity index (χ2n) is 6.03. The summed E-state index contributed by atoms with van der Waals surface area (Å²) >= 11 is 12.5. The fraction of sp³-hybridized carbons (Fsp3) is 0.625. The first kappa shape index (κ1) is 15.5. The monoisotopic (exact) mass is 330 g/mol. The average Bonchev–Trinajstić information content (AvgIpc) is 3.02. The molecule has 2 nitrogen and oxygen atoms in total. The molecule has 0 bridgehead atoms. The Kier molecular flexibility index (Phi) is 5.05. The van der Waals surface area contributed by atoms with Gasteiger partial charge < -0.3 is 5.32 Å². The smallest absolute Gasteiger partial charge is 0.129 e. The Morgan fingerprint density at radius 2 is 1.81 bits per heavy atom. The SMILES string of the molecule is Fc1ccc(Cl)c(Cl)c1[C@H](C1CCCC1)N1CCNCC1. The van der Waals surface area contributed by atoms with Crippen molar-refractivity contribution < 1.29 is 4.39 Å². The van der Waals surface area contributed by atoms with Crippen LogP contribution in [0, 0.1) is 11.7 Å². The van der Waals surface area contributed by atoms with E-state index in [1.54, 1.807) is 6.07 Å². The molecule has 0 radical (unpaired) electrons. The average molecular weight is 331 g/mol. The van der Waals surface area contributed by atoms with Gasteiger partial charge in [-0.2, -0.15) is 0 Å². The van der Waals surface area contributed by atoms with Gasteiger partial charge in [0, 0.05) is 37.8 Å². The van der Waals surface area contributed by atoms with E-state index < -0.39 is 0 Å². The van der Waals surface area contributed by atoms with Crippen molar-refractivity contribution >= 4 is 23.2 Å². The lowest BCUT2D eigenvalue weighted by Crippen LogP contribution is -2.47. The highest BCUT2D eigenvalue weighted by Crippen LogP contribution is 2.44. The van der Waals surface area contributed by atoms with Crippen LogP contribution in [0.1, 0.15) is 37.3 Å². The first-order valence-electron chi connectivity index (χ1n) is 7.76. The summed E-state index contributed by atoms with van der Waals surface area (Å²) in [7, 11) is 0. The van der Waals surface area contributed by atoms with Crippen LogP contribution in [0.15, 0.2) is 12.1 Å². The summed E-state index contributed by atoms with van der Waals surface area (Å²) in [5, 5.41) is 4.20. The fourth-order valence-corrected chi connectivity index (χ4v) is 4.19. The maximum absolute atomic E-state index is 14.5. The number of nitrogens with one attached hydrogen (secondary N) is 1. The van der Waals surface area contributed by atoms with Gasteiger partial charge in [0.15, 0.2) is 0 Å². The van der Waals surface area contributed by atoms with E-state index in [2.05, 4.69) is 10.2 Å². The topological polar surface area (TPSA) is 15.3 Å². The Balaban J connectivity index is 1.99. The van der Waals surface area contributed by atoms with Crippen LogP contribution in [0.5, 0.6) is 0 Å². The van der Waals surface area contributed by atoms with Crippen molar-refractivity contribution in [1.82, 2.24) is 10.2 Å². The molecule has 1 aliphatic heterocycles. The maximum Gasteiger partial charge on any atom is 0.129 e. The molecular formula is C16H21Cl2FN2. The van der Waals surface area contributed by atoms with Crippen LogP contribution in [0.25, 0.3) is 0 Å². The van der Waals surface area contributed by atoms with Gasteiger partial charge in [0.2, 0.25) is 0 Å². The van der Waals surface area contributed by atoms with E-state index in [9.17, 15) is 4.39 Å². The third kappa shape index (κ3) is 3.21. The third-order valence-electron chi connectivity index (χ3n) is 4.77. The lowest BCUT2D eigenvalue weighted by atomic mass is 9.89. The molecule has 1 N–H and O–H groups in total. The molecule has 0 spiro atoms. The predicted molar refractivity (Wildman–Crippen MR) is 85.6 cm³/mol. The predicted octanol–water partition coefficient (Wildman–Crippen LogP) is 4.27. The van der Waals surface area contributed by atoms with Gasteiger partial charge in [-0.1, -0.05) is 36.0 Å². The molecule has 1 aliphatic carbocycles. The Bertz CT molecular complexity index is 497. The first-order valence-corrected chi connectivity index (χ1v) is 8.52. The standard InChI is InChI=1S/C16H21Cl2FN2/c17-12-5-6-13(19)14(15(12)18)16(11-3-1-2-4-11)21-9-7-20-8-10-21/h5-6,11,16,20H,1-4,7-10H2/t16-/m0/s1. The van der Waals surface area contributed by atoms with Crippen molar-refractivity contribution in [2.24, 2.45) is 5.92 Å². The third-order valence-corrected chi connectivity index (χ3v) is 5.59. The summed E-state index contributed by atoms with van der Waals surface area (Å²) in [5.41, 5.74) is 0.609. The zero-order valence-corrected chi connectivity index (χ0v) is 13.6. The van der Waals surface area contributed by atoms with E-state index >= 15 is 0 Å². The van der Waals surface area contributed by atoms with E-state index in [1.165, 1.54) is 18.9 Å². The lowest BCUT2D eigenvalue weighted by Gasteiger charge is -2.39. The Labute approximate surface area is 135 Å². The summed E-state index contributed by atoms with van der Waals surface area (Å²) in [6.45, 7) is 3.76. The molecule has 5 heteroatoms. The van der Waals surface area contributed by atoms with Gasteiger partial charge in [0.05, 0.1) is 10.0 Å². The molecule has 116 valence electrons. The Hall–Kier alpha value is -0.350. The molecule has 2 fully saturated rings. The molecule has 0 amide bonds. The Morgan fingerprint density at radius 3 is 2.48 bits per heavy atom. The summed E-state index contributed by atoms with van der Waals surface area (Å²) < 4.78 is 14.5. The fourth-order valence-electron chi connectivity index (χ4n) is 3.76. The van der Waals surface area contributed by atoms with E-state index in [0.717, 1.165) is 39.0 Å². The van der Waals surface area contributed by atoms with Crippen LogP contribution >= 0.6 is 23.2 Å². The van der Waals surface area contributed by atoms with Crippen molar-refractivity contribution in [2.45, 2.75) is 31.7 Å². The van der Waals surface area contributed by atoms with Gasteiger partial charge >= 0.3 is 0 Å². The summed E-state index contributed by atoms with van der Waals surface area (Å²) in [6, 6.07) is 3.06. The minimum atomic E-state index is -0.222. The summed E-state index contributed by atoms with van der Waals surface area (Å²) in [5.74, 6) is 0.258. The van der Waals surface area contributed by atoms with Crippen molar-refractivity contribution in [3.63, 3.8) is 0 Å². The van der Waals surface area contributed by atoms with Crippen LogP contribution in [0.3, 0.4) is 0 Å². The highest BCUT2D eigenvalue weighted by Gasteiger charge is 2.35. The number of halogens is 3. The number of rotatable bonds is 3. The highest BCUT2D eigenvalue weighted by molar-refractivity contribution is 6.42. The zero-order chi connectivity index (χ0) is 14.8. The maximum atomic E-state index is 14.5. The van der Waals surface area contributed by atoms with E-state index in [-0.39, 0.29) is 11.9 Å². The van der Waals surface area contributed by atoms with Crippen LogP contribution in [0.2, 0.25) is 10.0 Å². The number of benzene rings is 1. The molecule has 1 atom stereocenters. The van der Waals surface area contributed by atoms with E-state index in [4.69, 9.17) is 23.2 Å². The Morgan fingerprint density at radius 1 is 1.14 bits per heavy atom. The van der Waals surface area contributed by atoms with Crippen LogP contribution in [0.4, 0.5) is 4.39 Å². The minimum Gasteiger partial charge on any atom is -0.314 e. The normalized spacial score (nSPS) is 22.6. The first-order chi connectivity index (χ1) is 10.2. The molecule has 1 heterocycles. The van der Waals surface area contributed by atoms with E-state index in [1.807, 2.05) is 0 Å². The van der Waals surface area contributed by atoms with Gasteiger partial charge in [0.25, 0.3) is 0 Å².